The first-order valence-corrected chi connectivity index (χ1v) is 10.6. The largest absolute Gasteiger partial charge is 0.436 e. The number of aliphatic hydroxyl groups is 1. The number of ether oxygens (including phenoxy) is 1. The summed E-state index contributed by atoms with van der Waals surface area (Å²) < 4.78 is 11.7. The van der Waals surface area contributed by atoms with Crippen LogP contribution in [0.3, 0.4) is 0 Å². The summed E-state index contributed by atoms with van der Waals surface area (Å²) in [6.07, 6.45) is 2.61. The van der Waals surface area contributed by atoms with Crippen molar-refractivity contribution in [2.45, 2.75) is 6.54 Å². The van der Waals surface area contributed by atoms with Gasteiger partial charge in [-0.05, 0) is 47.1 Å². The number of hydrogen-bond acceptors (Lipinski definition) is 8. The molecule has 174 valence electrons. The maximum absolute atomic E-state index is 13.2. The summed E-state index contributed by atoms with van der Waals surface area (Å²) in [5, 5.41) is 18.8. The molecule has 0 bridgehead atoms. The van der Waals surface area contributed by atoms with E-state index in [2.05, 4.69) is 20.8 Å². The number of aromatic nitrogens is 3. The number of halogens is 1. The van der Waals surface area contributed by atoms with E-state index in [4.69, 9.17) is 26.0 Å². The van der Waals surface area contributed by atoms with Gasteiger partial charge in [-0.3, -0.25) is 14.2 Å². The third kappa shape index (κ3) is 5.61. The van der Waals surface area contributed by atoms with Crippen LogP contribution in [-0.4, -0.2) is 38.9 Å². The number of aliphatic hydroxyl groups excluding tert-OH is 1. The van der Waals surface area contributed by atoms with Gasteiger partial charge < -0.3 is 25.0 Å². The molecule has 11 heteroatoms. The van der Waals surface area contributed by atoms with Gasteiger partial charge in [0.05, 0.1) is 13.2 Å². The highest BCUT2D eigenvalue weighted by molar-refractivity contribution is 6.30. The standard InChI is InChI=1S/C23H20ClN5O5/c24-16-3-1-15(2-4-16)14-29-22(32)19(21(31)25-10-11-30)13-26-23(29)27-17-5-7-18(8-6-17)34-20-9-12-33-28-20/h1-9,12-13,30H,10-11,14H2,(H,25,31)(H,26,27). The Kier molecular flexibility index (Phi) is 7.21. The Morgan fingerprint density at radius 1 is 1.12 bits per heavy atom. The SMILES string of the molecule is O=C(NCCO)c1cnc(Nc2ccc(Oc3ccon3)cc2)n(Cc2ccc(Cl)cc2)c1=O. The third-order valence-corrected chi connectivity index (χ3v) is 4.94. The van der Waals surface area contributed by atoms with Crippen LogP contribution < -0.4 is 20.9 Å². The monoisotopic (exact) mass is 481 g/mol. The van der Waals surface area contributed by atoms with Crippen LogP contribution in [0.4, 0.5) is 11.6 Å². The van der Waals surface area contributed by atoms with Gasteiger partial charge in [-0.15, -0.1) is 0 Å². The van der Waals surface area contributed by atoms with E-state index in [0.717, 1.165) is 5.56 Å². The first-order chi connectivity index (χ1) is 16.5. The molecule has 0 saturated carbocycles. The lowest BCUT2D eigenvalue weighted by atomic mass is 10.2. The highest BCUT2D eigenvalue weighted by Gasteiger charge is 2.17. The van der Waals surface area contributed by atoms with Crippen molar-refractivity contribution in [3.8, 4) is 11.6 Å². The molecule has 0 aliphatic heterocycles. The van der Waals surface area contributed by atoms with Crippen molar-refractivity contribution < 1.29 is 19.2 Å². The lowest BCUT2D eigenvalue weighted by Gasteiger charge is -2.15. The molecule has 0 radical (unpaired) electrons. The summed E-state index contributed by atoms with van der Waals surface area (Å²) in [7, 11) is 0. The second kappa shape index (κ2) is 10.6. The van der Waals surface area contributed by atoms with Crippen LogP contribution in [-0.2, 0) is 6.54 Å². The first-order valence-electron chi connectivity index (χ1n) is 10.2. The van der Waals surface area contributed by atoms with E-state index >= 15 is 0 Å². The van der Waals surface area contributed by atoms with Gasteiger partial charge in [0, 0.05) is 29.5 Å². The molecule has 2 heterocycles. The average molecular weight is 482 g/mol. The molecule has 3 N–H and O–H groups in total. The predicted octanol–water partition coefficient (Wildman–Crippen LogP) is 3.19. The molecule has 0 saturated heterocycles. The van der Waals surface area contributed by atoms with E-state index in [0.29, 0.717) is 22.3 Å². The molecule has 0 fully saturated rings. The number of carbonyl (C=O) groups is 1. The van der Waals surface area contributed by atoms with Gasteiger partial charge in [0.15, 0.2) is 0 Å². The summed E-state index contributed by atoms with van der Waals surface area (Å²) >= 11 is 5.97. The molecule has 0 aliphatic rings. The minimum atomic E-state index is -0.614. The summed E-state index contributed by atoms with van der Waals surface area (Å²) in [6, 6.07) is 15.5. The van der Waals surface area contributed by atoms with Gasteiger partial charge >= 0.3 is 0 Å². The molecule has 4 aromatic rings. The molecule has 10 nitrogen and oxygen atoms in total. The van der Waals surface area contributed by atoms with Crippen LogP contribution in [0.1, 0.15) is 15.9 Å². The van der Waals surface area contributed by atoms with Crippen molar-refractivity contribution in [2.75, 3.05) is 18.5 Å². The van der Waals surface area contributed by atoms with E-state index in [1.54, 1.807) is 54.6 Å². The molecule has 4 rings (SSSR count). The number of hydrogen-bond donors (Lipinski definition) is 3. The zero-order chi connectivity index (χ0) is 23.9. The van der Waals surface area contributed by atoms with E-state index in [1.165, 1.54) is 17.0 Å². The average Bonchev–Trinajstić information content (AvgIpc) is 3.35. The Hall–Kier alpha value is -4.15. The molecule has 2 aromatic carbocycles. The highest BCUT2D eigenvalue weighted by atomic mass is 35.5. The van der Waals surface area contributed by atoms with Crippen LogP contribution >= 0.6 is 11.6 Å². The van der Waals surface area contributed by atoms with Crippen molar-refractivity contribution in [1.29, 1.82) is 0 Å². The topological polar surface area (TPSA) is 132 Å². The predicted molar refractivity (Wildman–Crippen MR) is 125 cm³/mol. The van der Waals surface area contributed by atoms with Crippen molar-refractivity contribution in [3.05, 3.63) is 93.6 Å². The zero-order valence-corrected chi connectivity index (χ0v) is 18.5. The maximum atomic E-state index is 13.2. The van der Waals surface area contributed by atoms with E-state index in [9.17, 15) is 9.59 Å². The molecule has 0 atom stereocenters. The third-order valence-electron chi connectivity index (χ3n) is 4.69. The lowest BCUT2D eigenvalue weighted by molar-refractivity contribution is 0.0942. The van der Waals surface area contributed by atoms with Crippen molar-refractivity contribution in [2.24, 2.45) is 0 Å². The number of nitrogens with zero attached hydrogens (tertiary/aromatic N) is 3. The Labute approximate surface area is 198 Å². The normalized spacial score (nSPS) is 10.6. The summed E-state index contributed by atoms with van der Waals surface area (Å²) in [4.78, 5) is 29.9. The smallest absolute Gasteiger partial charge is 0.268 e. The summed E-state index contributed by atoms with van der Waals surface area (Å²) in [6.45, 7) is -0.0633. The van der Waals surface area contributed by atoms with Crippen molar-refractivity contribution >= 4 is 29.1 Å². The molecular formula is C23H20ClN5O5. The number of anilines is 2. The van der Waals surface area contributed by atoms with Crippen LogP contribution in [0.2, 0.25) is 5.02 Å². The molecule has 0 aliphatic carbocycles. The summed E-state index contributed by atoms with van der Waals surface area (Å²) in [5.74, 6) is 0.497. The van der Waals surface area contributed by atoms with Gasteiger partial charge in [-0.2, -0.15) is 0 Å². The van der Waals surface area contributed by atoms with E-state index < -0.39 is 11.5 Å². The molecule has 0 spiro atoms. The van der Waals surface area contributed by atoms with Crippen molar-refractivity contribution in [3.63, 3.8) is 0 Å². The van der Waals surface area contributed by atoms with Gasteiger partial charge in [0.2, 0.25) is 5.95 Å². The zero-order valence-electron chi connectivity index (χ0n) is 17.8. The molecule has 34 heavy (non-hydrogen) atoms. The minimum Gasteiger partial charge on any atom is -0.436 e. The van der Waals surface area contributed by atoms with E-state index in [-0.39, 0.29) is 31.2 Å². The van der Waals surface area contributed by atoms with Crippen molar-refractivity contribution in [1.82, 2.24) is 20.0 Å². The van der Waals surface area contributed by atoms with Crippen LogP contribution in [0.5, 0.6) is 11.6 Å². The van der Waals surface area contributed by atoms with Crippen LogP contribution in [0.15, 0.2) is 76.4 Å². The van der Waals surface area contributed by atoms with Gasteiger partial charge in [0.1, 0.15) is 17.6 Å². The maximum Gasteiger partial charge on any atom is 0.268 e. The first kappa shape index (κ1) is 23.0. The number of rotatable bonds is 9. The van der Waals surface area contributed by atoms with Gasteiger partial charge in [0.25, 0.3) is 17.3 Å². The van der Waals surface area contributed by atoms with Crippen LogP contribution in [0, 0.1) is 0 Å². The van der Waals surface area contributed by atoms with Gasteiger partial charge in [-0.25, -0.2) is 4.98 Å². The number of amides is 1. The fraction of sp³-hybridized carbons (Fsp3) is 0.130. The van der Waals surface area contributed by atoms with Gasteiger partial charge in [-0.1, -0.05) is 23.7 Å². The second-order valence-electron chi connectivity index (χ2n) is 7.08. The van der Waals surface area contributed by atoms with Crippen LogP contribution in [0.25, 0.3) is 0 Å². The molecule has 2 aromatic heterocycles. The Morgan fingerprint density at radius 3 is 2.56 bits per heavy atom. The quantitative estimate of drug-likeness (QED) is 0.332. The fourth-order valence-corrected chi connectivity index (χ4v) is 3.17. The fourth-order valence-electron chi connectivity index (χ4n) is 3.04. The Morgan fingerprint density at radius 2 is 1.88 bits per heavy atom. The lowest BCUT2D eigenvalue weighted by Crippen LogP contribution is -2.35. The highest BCUT2D eigenvalue weighted by Crippen LogP contribution is 2.23. The number of benzene rings is 2. The second-order valence-corrected chi connectivity index (χ2v) is 7.52. The molecular weight excluding hydrogens is 462 g/mol. The minimum absolute atomic E-state index is 0.0260. The number of carbonyl (C=O) groups excluding carboxylic acids is 1. The molecule has 1 amide bonds. The summed E-state index contributed by atoms with van der Waals surface area (Å²) in [5.41, 5.74) is 0.764. The Balaban J connectivity index is 1.62. The van der Waals surface area contributed by atoms with E-state index in [1.807, 2.05) is 0 Å². The number of nitrogens with one attached hydrogen (secondary N) is 2. The Bertz CT molecular complexity index is 1310. The molecule has 0 unspecified atom stereocenters.